The number of hydrogen-bond acceptors (Lipinski definition) is 5. The Bertz CT molecular complexity index is 1210. The maximum absolute atomic E-state index is 13.1. The van der Waals surface area contributed by atoms with Crippen LogP contribution < -0.4 is 0 Å². The van der Waals surface area contributed by atoms with Crippen molar-refractivity contribution in [2.45, 2.75) is 30.2 Å². The van der Waals surface area contributed by atoms with Crippen molar-refractivity contribution in [2.24, 2.45) is 0 Å². The summed E-state index contributed by atoms with van der Waals surface area (Å²) < 4.78 is 1.80. The lowest BCUT2D eigenvalue weighted by molar-refractivity contribution is -0.131. The van der Waals surface area contributed by atoms with E-state index in [-0.39, 0.29) is 11.2 Å². The van der Waals surface area contributed by atoms with Crippen molar-refractivity contribution in [3.05, 3.63) is 78.2 Å². The van der Waals surface area contributed by atoms with Gasteiger partial charge >= 0.3 is 0 Å². The summed E-state index contributed by atoms with van der Waals surface area (Å²) in [5, 5.41) is 5.89. The fourth-order valence-corrected chi connectivity index (χ4v) is 4.80. The molecular formula is C23H21N5OS. The minimum Gasteiger partial charge on any atom is -0.337 e. The number of carbonyl (C=O) groups excluding carboxylic acids is 1. The molecule has 2 aromatic heterocycles. The third-order valence-corrected chi connectivity index (χ3v) is 6.51. The molecule has 0 saturated carbocycles. The maximum Gasteiger partial charge on any atom is 0.236 e. The molecule has 1 aliphatic heterocycles. The Balaban J connectivity index is 1.37. The average Bonchev–Trinajstić information content (AvgIpc) is 3.24. The van der Waals surface area contributed by atoms with Crippen molar-refractivity contribution in [2.75, 3.05) is 6.54 Å². The summed E-state index contributed by atoms with van der Waals surface area (Å²) in [5.74, 6) is 0.136. The van der Waals surface area contributed by atoms with Crippen LogP contribution in [0.1, 0.15) is 18.1 Å². The molecule has 0 bridgehead atoms. The highest BCUT2D eigenvalue weighted by Crippen LogP contribution is 2.30. The summed E-state index contributed by atoms with van der Waals surface area (Å²) in [6.07, 6.45) is 4.22. The van der Waals surface area contributed by atoms with E-state index in [4.69, 9.17) is 0 Å². The van der Waals surface area contributed by atoms with E-state index in [1.807, 2.05) is 48.2 Å². The van der Waals surface area contributed by atoms with Crippen LogP contribution >= 0.6 is 11.8 Å². The highest BCUT2D eigenvalue weighted by molar-refractivity contribution is 8.00. The predicted octanol–water partition coefficient (Wildman–Crippen LogP) is 3.88. The van der Waals surface area contributed by atoms with E-state index in [1.54, 1.807) is 17.2 Å². The Kier molecular flexibility index (Phi) is 4.96. The van der Waals surface area contributed by atoms with E-state index in [2.05, 4.69) is 33.3 Å². The number of para-hydroxylation sites is 1. The number of aromatic nitrogens is 4. The van der Waals surface area contributed by atoms with Gasteiger partial charge < -0.3 is 4.90 Å². The minimum absolute atomic E-state index is 0.136. The molecular weight excluding hydrogens is 394 g/mol. The highest BCUT2D eigenvalue weighted by Gasteiger charge is 2.26. The molecule has 1 amide bonds. The van der Waals surface area contributed by atoms with Gasteiger partial charge in [-0.25, -0.2) is 14.6 Å². The fraction of sp³-hybridized carbons (Fsp3) is 0.217. The van der Waals surface area contributed by atoms with E-state index in [9.17, 15) is 4.79 Å². The monoisotopic (exact) mass is 415 g/mol. The third-order valence-electron chi connectivity index (χ3n) is 5.41. The zero-order chi connectivity index (χ0) is 20.5. The quantitative estimate of drug-likeness (QED) is 0.374. The lowest BCUT2D eigenvalue weighted by atomic mass is 10.00. The fourth-order valence-electron chi connectivity index (χ4n) is 3.83. The molecule has 0 spiro atoms. The molecule has 6 nitrogen and oxygen atoms in total. The van der Waals surface area contributed by atoms with Gasteiger partial charge in [-0.3, -0.25) is 4.79 Å². The number of fused-ring (bicyclic) bond motifs is 2. The lowest BCUT2D eigenvalue weighted by Crippen LogP contribution is -2.40. The maximum atomic E-state index is 13.1. The number of amides is 1. The molecule has 4 aromatic rings. The predicted molar refractivity (Wildman–Crippen MR) is 118 cm³/mol. The molecule has 0 aliphatic carbocycles. The Hall–Kier alpha value is -3.19. The molecule has 0 unspecified atom stereocenters. The molecule has 5 rings (SSSR count). The second-order valence-corrected chi connectivity index (χ2v) is 8.68. The van der Waals surface area contributed by atoms with Crippen LogP contribution in [-0.4, -0.2) is 42.4 Å². The smallest absolute Gasteiger partial charge is 0.236 e. The second kappa shape index (κ2) is 7.91. The second-order valence-electron chi connectivity index (χ2n) is 7.35. The first-order chi connectivity index (χ1) is 14.7. The highest BCUT2D eigenvalue weighted by atomic mass is 32.2. The zero-order valence-electron chi connectivity index (χ0n) is 16.6. The van der Waals surface area contributed by atoms with Gasteiger partial charge in [0.25, 0.3) is 0 Å². The van der Waals surface area contributed by atoms with Crippen LogP contribution in [0.4, 0.5) is 0 Å². The molecule has 0 saturated heterocycles. The van der Waals surface area contributed by atoms with E-state index in [1.165, 1.54) is 22.9 Å². The SMILES string of the molecule is C[C@@H](Sc1ncnc2c1cnn2-c1ccccc1)C(=O)N1CCc2ccccc2C1. The Morgan fingerprint density at radius 1 is 1.03 bits per heavy atom. The van der Waals surface area contributed by atoms with Gasteiger partial charge in [0, 0.05) is 13.1 Å². The van der Waals surface area contributed by atoms with Crippen LogP contribution in [0.3, 0.4) is 0 Å². The molecule has 1 aliphatic rings. The normalized spacial score (nSPS) is 14.5. The first-order valence-electron chi connectivity index (χ1n) is 9.97. The number of carbonyl (C=O) groups is 1. The molecule has 0 N–H and O–H groups in total. The van der Waals surface area contributed by atoms with E-state index >= 15 is 0 Å². The summed E-state index contributed by atoms with van der Waals surface area (Å²) >= 11 is 1.47. The Morgan fingerprint density at radius 3 is 2.63 bits per heavy atom. The molecule has 150 valence electrons. The number of thioether (sulfide) groups is 1. The minimum atomic E-state index is -0.242. The lowest BCUT2D eigenvalue weighted by Gasteiger charge is -2.30. The Morgan fingerprint density at radius 2 is 1.80 bits per heavy atom. The van der Waals surface area contributed by atoms with Crippen LogP contribution in [0.25, 0.3) is 16.7 Å². The van der Waals surface area contributed by atoms with Crippen LogP contribution in [0.5, 0.6) is 0 Å². The van der Waals surface area contributed by atoms with Gasteiger partial charge in [0.1, 0.15) is 11.4 Å². The van der Waals surface area contributed by atoms with Gasteiger partial charge in [0.15, 0.2) is 5.65 Å². The standard InChI is InChI=1S/C23H21N5OS/c1-16(23(29)27-12-11-17-7-5-6-8-18(17)14-27)30-22-20-13-26-28(21(20)24-15-25-22)19-9-3-2-4-10-19/h2-10,13,15-16H,11-12,14H2,1H3/t16-/m1/s1. The number of benzene rings is 2. The summed E-state index contributed by atoms with van der Waals surface area (Å²) in [7, 11) is 0. The van der Waals surface area contributed by atoms with E-state index < -0.39 is 0 Å². The number of hydrogen-bond donors (Lipinski definition) is 0. The van der Waals surface area contributed by atoms with E-state index in [0.29, 0.717) is 6.54 Å². The number of rotatable bonds is 4. The topological polar surface area (TPSA) is 63.9 Å². The zero-order valence-corrected chi connectivity index (χ0v) is 17.4. The van der Waals surface area contributed by atoms with Crippen LogP contribution in [0.15, 0.2) is 72.1 Å². The van der Waals surface area contributed by atoms with Gasteiger partial charge in [-0.2, -0.15) is 5.10 Å². The molecule has 30 heavy (non-hydrogen) atoms. The third kappa shape index (κ3) is 3.45. The molecule has 7 heteroatoms. The average molecular weight is 416 g/mol. The van der Waals surface area contributed by atoms with Crippen molar-refractivity contribution < 1.29 is 4.79 Å². The first kappa shape index (κ1) is 18.8. The summed E-state index contributed by atoms with van der Waals surface area (Å²) in [4.78, 5) is 23.9. The molecule has 0 radical (unpaired) electrons. The Labute approximate surface area is 179 Å². The van der Waals surface area contributed by atoms with Gasteiger partial charge in [0.05, 0.1) is 22.5 Å². The van der Waals surface area contributed by atoms with Crippen LogP contribution in [0.2, 0.25) is 0 Å². The largest absolute Gasteiger partial charge is 0.337 e. The number of nitrogens with zero attached hydrogens (tertiary/aromatic N) is 5. The summed E-state index contributed by atoms with van der Waals surface area (Å²) in [5.41, 5.74) is 4.26. The van der Waals surface area contributed by atoms with E-state index in [0.717, 1.165) is 34.7 Å². The van der Waals surface area contributed by atoms with Crippen LogP contribution in [0, 0.1) is 0 Å². The van der Waals surface area contributed by atoms with Gasteiger partial charge in [-0.05, 0) is 36.6 Å². The van der Waals surface area contributed by atoms with Crippen LogP contribution in [-0.2, 0) is 17.8 Å². The molecule has 3 heterocycles. The first-order valence-corrected chi connectivity index (χ1v) is 10.8. The summed E-state index contributed by atoms with van der Waals surface area (Å²) in [6, 6.07) is 18.2. The van der Waals surface area contributed by atoms with Gasteiger partial charge in [0.2, 0.25) is 5.91 Å². The van der Waals surface area contributed by atoms with Crippen molar-refractivity contribution in [3.8, 4) is 5.69 Å². The molecule has 1 atom stereocenters. The van der Waals surface area contributed by atoms with Gasteiger partial charge in [-0.1, -0.05) is 54.2 Å². The molecule has 2 aromatic carbocycles. The van der Waals surface area contributed by atoms with Crippen molar-refractivity contribution in [1.29, 1.82) is 0 Å². The van der Waals surface area contributed by atoms with Crippen molar-refractivity contribution in [1.82, 2.24) is 24.6 Å². The van der Waals surface area contributed by atoms with Gasteiger partial charge in [-0.15, -0.1) is 0 Å². The summed E-state index contributed by atoms with van der Waals surface area (Å²) in [6.45, 7) is 3.37. The molecule has 0 fully saturated rings. The van der Waals surface area contributed by atoms with Crippen molar-refractivity contribution in [3.63, 3.8) is 0 Å². The van der Waals surface area contributed by atoms with Crippen molar-refractivity contribution >= 4 is 28.7 Å².